The number of likely N-dealkylation sites (tertiary alicyclic amines) is 1. The van der Waals surface area contributed by atoms with Gasteiger partial charge in [0.05, 0.1) is 17.7 Å². The van der Waals surface area contributed by atoms with Gasteiger partial charge in [0.1, 0.15) is 11.6 Å². The second kappa shape index (κ2) is 7.67. The maximum Gasteiger partial charge on any atom is 0.226 e. The van der Waals surface area contributed by atoms with Gasteiger partial charge in [0.2, 0.25) is 15.9 Å². The number of halogens is 2. The molecule has 5 nitrogen and oxygen atoms in total. The van der Waals surface area contributed by atoms with E-state index in [1.165, 1.54) is 18.2 Å². The Bertz CT molecular complexity index is 1110. The van der Waals surface area contributed by atoms with Gasteiger partial charge in [0.25, 0.3) is 0 Å². The SMILES string of the molecule is CC1(C)C(C(=O)N2CC[C@H](NS(C)(=O)=O)C2)C1c1ccccc1-c1c(F)cccc1F. The minimum absolute atomic E-state index is 0.0448. The Morgan fingerprint density at radius 1 is 1.10 bits per heavy atom. The first kappa shape index (κ1) is 21.9. The van der Waals surface area contributed by atoms with Crippen LogP contribution in [-0.4, -0.2) is 44.6 Å². The highest BCUT2D eigenvalue weighted by molar-refractivity contribution is 7.88. The lowest BCUT2D eigenvalue weighted by Crippen LogP contribution is -2.38. The first-order valence-corrected chi connectivity index (χ1v) is 12.2. The molecular weight excluding hydrogens is 422 g/mol. The summed E-state index contributed by atoms with van der Waals surface area (Å²) in [5.41, 5.74) is 0.757. The lowest BCUT2D eigenvalue weighted by molar-refractivity contribution is -0.132. The van der Waals surface area contributed by atoms with Crippen LogP contribution in [0.4, 0.5) is 8.78 Å². The molecule has 1 aliphatic heterocycles. The van der Waals surface area contributed by atoms with E-state index in [0.717, 1.165) is 11.8 Å². The van der Waals surface area contributed by atoms with E-state index in [2.05, 4.69) is 4.72 Å². The molecule has 0 radical (unpaired) electrons. The molecule has 1 N–H and O–H groups in total. The van der Waals surface area contributed by atoms with Crippen molar-refractivity contribution in [3.8, 4) is 11.1 Å². The summed E-state index contributed by atoms with van der Waals surface area (Å²) in [4.78, 5) is 15.0. The molecule has 0 bridgehead atoms. The molecule has 166 valence electrons. The normalized spacial score (nSPS) is 24.9. The molecule has 2 unspecified atom stereocenters. The summed E-state index contributed by atoms with van der Waals surface area (Å²) in [5, 5.41) is 0. The average molecular weight is 449 g/mol. The van der Waals surface area contributed by atoms with Crippen LogP contribution in [0, 0.1) is 23.0 Å². The van der Waals surface area contributed by atoms with Gasteiger partial charge in [-0.05, 0) is 35.1 Å². The molecule has 8 heteroatoms. The predicted octanol–water partition coefficient (Wildman–Crippen LogP) is 3.52. The van der Waals surface area contributed by atoms with Crippen LogP contribution in [0.15, 0.2) is 42.5 Å². The minimum atomic E-state index is -3.34. The van der Waals surface area contributed by atoms with Gasteiger partial charge in [0, 0.05) is 25.0 Å². The summed E-state index contributed by atoms with van der Waals surface area (Å²) in [5.74, 6) is -1.83. The Hall–Kier alpha value is -2.32. The second-order valence-corrected chi connectivity index (χ2v) is 10.9. The number of hydrogen-bond donors (Lipinski definition) is 1. The third-order valence-electron chi connectivity index (χ3n) is 6.50. The summed E-state index contributed by atoms with van der Waals surface area (Å²) < 4.78 is 54.6. The molecular formula is C23H26F2N2O3S. The summed E-state index contributed by atoms with van der Waals surface area (Å²) in [6.45, 7) is 4.78. The fourth-order valence-electron chi connectivity index (χ4n) is 4.99. The average Bonchev–Trinajstić information content (AvgIpc) is 2.99. The van der Waals surface area contributed by atoms with E-state index in [1.807, 2.05) is 26.0 Å². The van der Waals surface area contributed by atoms with Crippen molar-refractivity contribution in [1.82, 2.24) is 9.62 Å². The highest BCUT2D eigenvalue weighted by Gasteiger charge is 2.63. The number of amides is 1. The van der Waals surface area contributed by atoms with Crippen molar-refractivity contribution < 1.29 is 22.0 Å². The highest BCUT2D eigenvalue weighted by atomic mass is 32.2. The van der Waals surface area contributed by atoms with Gasteiger partial charge >= 0.3 is 0 Å². The van der Waals surface area contributed by atoms with E-state index in [9.17, 15) is 22.0 Å². The van der Waals surface area contributed by atoms with E-state index in [0.29, 0.717) is 25.1 Å². The van der Waals surface area contributed by atoms with Crippen LogP contribution in [0.2, 0.25) is 0 Å². The van der Waals surface area contributed by atoms with Gasteiger partial charge in [0.15, 0.2) is 0 Å². The van der Waals surface area contributed by atoms with Crippen molar-refractivity contribution in [3.05, 3.63) is 59.7 Å². The minimum Gasteiger partial charge on any atom is -0.341 e. The van der Waals surface area contributed by atoms with Gasteiger partial charge in [-0.2, -0.15) is 0 Å². The van der Waals surface area contributed by atoms with Crippen molar-refractivity contribution in [3.63, 3.8) is 0 Å². The molecule has 4 rings (SSSR count). The Kier molecular flexibility index (Phi) is 5.42. The zero-order valence-corrected chi connectivity index (χ0v) is 18.5. The Morgan fingerprint density at radius 3 is 2.39 bits per heavy atom. The highest BCUT2D eigenvalue weighted by Crippen LogP contribution is 2.66. The summed E-state index contributed by atoms with van der Waals surface area (Å²) >= 11 is 0. The standard InChI is InChI=1S/C23H26F2N2O3S/c1-23(2)20(21(23)22(28)27-12-11-14(13-27)26-31(3,29)30)16-8-5-4-7-15(16)19-17(24)9-6-10-18(19)25/h4-10,14,20-21,26H,11-13H2,1-3H3/t14-,20?,21?/m0/s1. The van der Waals surface area contributed by atoms with Crippen LogP contribution in [-0.2, 0) is 14.8 Å². The molecule has 1 amide bonds. The molecule has 2 aromatic carbocycles. The van der Waals surface area contributed by atoms with Crippen LogP contribution in [0.3, 0.4) is 0 Å². The van der Waals surface area contributed by atoms with Crippen LogP contribution >= 0.6 is 0 Å². The summed E-state index contributed by atoms with van der Waals surface area (Å²) in [6, 6.07) is 10.6. The van der Waals surface area contributed by atoms with Crippen molar-refractivity contribution in [2.24, 2.45) is 11.3 Å². The molecule has 0 aromatic heterocycles. The van der Waals surface area contributed by atoms with Crippen molar-refractivity contribution in [2.45, 2.75) is 32.2 Å². The van der Waals surface area contributed by atoms with E-state index < -0.39 is 21.7 Å². The van der Waals surface area contributed by atoms with Crippen molar-refractivity contribution in [2.75, 3.05) is 19.3 Å². The summed E-state index contributed by atoms with van der Waals surface area (Å²) in [7, 11) is -3.34. The molecule has 3 atom stereocenters. The van der Waals surface area contributed by atoms with Crippen LogP contribution < -0.4 is 4.72 Å². The van der Waals surface area contributed by atoms with Gasteiger partial charge < -0.3 is 4.90 Å². The number of nitrogens with one attached hydrogen (secondary N) is 1. The molecule has 0 spiro atoms. The zero-order chi connectivity index (χ0) is 22.6. The molecule has 2 aliphatic rings. The fraction of sp³-hybridized carbons (Fsp3) is 0.435. The lowest BCUT2D eigenvalue weighted by Gasteiger charge is -2.18. The first-order chi connectivity index (χ1) is 14.5. The van der Waals surface area contributed by atoms with E-state index in [-0.39, 0.29) is 34.8 Å². The van der Waals surface area contributed by atoms with Gasteiger partial charge in [-0.1, -0.05) is 44.2 Å². The largest absolute Gasteiger partial charge is 0.341 e. The monoisotopic (exact) mass is 448 g/mol. The van der Waals surface area contributed by atoms with Gasteiger partial charge in [-0.3, -0.25) is 4.79 Å². The first-order valence-electron chi connectivity index (χ1n) is 10.3. The number of benzene rings is 2. The predicted molar refractivity (Wildman–Crippen MR) is 115 cm³/mol. The molecule has 2 aromatic rings. The summed E-state index contributed by atoms with van der Waals surface area (Å²) in [6.07, 6.45) is 1.67. The molecule has 1 saturated heterocycles. The van der Waals surface area contributed by atoms with Crippen LogP contribution in [0.5, 0.6) is 0 Å². The Morgan fingerprint density at radius 2 is 1.74 bits per heavy atom. The molecule has 1 aliphatic carbocycles. The maximum absolute atomic E-state index is 14.5. The van der Waals surface area contributed by atoms with E-state index in [1.54, 1.807) is 17.0 Å². The maximum atomic E-state index is 14.5. The quantitative estimate of drug-likeness (QED) is 0.761. The number of sulfonamides is 1. The topological polar surface area (TPSA) is 66.5 Å². The number of carbonyl (C=O) groups is 1. The molecule has 1 heterocycles. The second-order valence-electron chi connectivity index (χ2n) is 9.12. The van der Waals surface area contributed by atoms with E-state index >= 15 is 0 Å². The number of nitrogens with zero attached hydrogens (tertiary/aromatic N) is 1. The Labute approximate surface area is 181 Å². The molecule has 31 heavy (non-hydrogen) atoms. The Balaban J connectivity index is 1.61. The fourth-order valence-corrected chi connectivity index (χ4v) is 5.78. The molecule has 1 saturated carbocycles. The number of rotatable bonds is 5. The van der Waals surface area contributed by atoms with Crippen LogP contribution in [0.1, 0.15) is 31.7 Å². The third kappa shape index (κ3) is 4.11. The number of hydrogen-bond acceptors (Lipinski definition) is 3. The van der Waals surface area contributed by atoms with Gasteiger partial charge in [-0.25, -0.2) is 21.9 Å². The van der Waals surface area contributed by atoms with Crippen molar-refractivity contribution in [1.29, 1.82) is 0 Å². The molecule has 2 fully saturated rings. The number of carbonyl (C=O) groups excluding carboxylic acids is 1. The smallest absolute Gasteiger partial charge is 0.226 e. The van der Waals surface area contributed by atoms with Crippen LogP contribution in [0.25, 0.3) is 11.1 Å². The third-order valence-corrected chi connectivity index (χ3v) is 7.26. The zero-order valence-electron chi connectivity index (χ0n) is 17.7. The van der Waals surface area contributed by atoms with Crippen molar-refractivity contribution >= 4 is 15.9 Å². The van der Waals surface area contributed by atoms with E-state index in [4.69, 9.17) is 0 Å². The van der Waals surface area contributed by atoms with Gasteiger partial charge in [-0.15, -0.1) is 0 Å². The lowest BCUT2D eigenvalue weighted by atomic mass is 9.93.